The highest BCUT2D eigenvalue weighted by Gasteiger charge is 2.26. The van der Waals surface area contributed by atoms with Gasteiger partial charge in [-0.3, -0.25) is 11.3 Å². The lowest BCUT2D eigenvalue weighted by Crippen LogP contribution is -2.30. The zero-order valence-corrected chi connectivity index (χ0v) is 13.1. The quantitative estimate of drug-likeness (QED) is 0.657. The fourth-order valence-electron chi connectivity index (χ4n) is 1.98. The standard InChI is InChI=1S/C13H20N4S2/c1-13(2,3)12-11(19-17-16-12)10(15-14)5-4-9-6-7-18-8-9/h6-8,10,15H,4-5,14H2,1-3H3. The molecule has 1 unspecified atom stereocenters. The average Bonchev–Trinajstić information content (AvgIpc) is 2.98. The number of rotatable bonds is 5. The molecule has 6 heteroatoms. The van der Waals surface area contributed by atoms with Crippen molar-refractivity contribution < 1.29 is 0 Å². The Morgan fingerprint density at radius 1 is 1.42 bits per heavy atom. The van der Waals surface area contributed by atoms with Crippen LogP contribution in [0.5, 0.6) is 0 Å². The van der Waals surface area contributed by atoms with Crippen molar-refractivity contribution in [2.45, 2.75) is 45.1 Å². The molecule has 4 nitrogen and oxygen atoms in total. The molecule has 2 heterocycles. The Balaban J connectivity index is 2.11. The van der Waals surface area contributed by atoms with E-state index in [0.717, 1.165) is 23.4 Å². The van der Waals surface area contributed by atoms with Crippen molar-refractivity contribution in [1.82, 2.24) is 15.0 Å². The first-order chi connectivity index (χ1) is 9.02. The van der Waals surface area contributed by atoms with Gasteiger partial charge >= 0.3 is 0 Å². The van der Waals surface area contributed by atoms with Crippen molar-refractivity contribution >= 4 is 22.9 Å². The molecule has 0 saturated carbocycles. The molecular formula is C13H20N4S2. The Morgan fingerprint density at radius 2 is 2.21 bits per heavy atom. The topological polar surface area (TPSA) is 63.8 Å². The van der Waals surface area contributed by atoms with Gasteiger partial charge in [-0.25, -0.2) is 0 Å². The van der Waals surface area contributed by atoms with E-state index in [9.17, 15) is 0 Å². The number of hydrogen-bond donors (Lipinski definition) is 2. The van der Waals surface area contributed by atoms with Crippen LogP contribution in [0.15, 0.2) is 16.8 Å². The summed E-state index contributed by atoms with van der Waals surface area (Å²) in [5.74, 6) is 5.72. The van der Waals surface area contributed by atoms with Gasteiger partial charge in [0.1, 0.15) is 0 Å². The molecule has 2 rings (SSSR count). The van der Waals surface area contributed by atoms with Gasteiger partial charge in [0.05, 0.1) is 16.6 Å². The highest BCUT2D eigenvalue weighted by Crippen LogP contribution is 2.32. The monoisotopic (exact) mass is 296 g/mol. The number of thiophene rings is 1. The molecule has 0 aliphatic heterocycles. The molecular weight excluding hydrogens is 276 g/mol. The molecule has 1 atom stereocenters. The number of hydrazine groups is 1. The molecule has 0 aliphatic rings. The lowest BCUT2D eigenvalue weighted by molar-refractivity contribution is 0.495. The Morgan fingerprint density at radius 3 is 2.79 bits per heavy atom. The SMILES string of the molecule is CC(C)(C)c1nnsc1C(CCc1ccsc1)NN. The molecule has 2 aromatic rings. The van der Waals surface area contributed by atoms with Gasteiger partial charge in [-0.15, -0.1) is 5.10 Å². The molecule has 0 saturated heterocycles. The van der Waals surface area contributed by atoms with E-state index in [0.29, 0.717) is 0 Å². The maximum Gasteiger partial charge on any atom is 0.0857 e. The normalized spacial score (nSPS) is 13.7. The molecule has 2 aromatic heterocycles. The van der Waals surface area contributed by atoms with Crippen LogP contribution in [0.25, 0.3) is 0 Å². The minimum Gasteiger partial charge on any atom is -0.271 e. The van der Waals surface area contributed by atoms with E-state index in [2.05, 4.69) is 52.6 Å². The number of aromatic nitrogens is 2. The molecule has 0 aromatic carbocycles. The van der Waals surface area contributed by atoms with Crippen LogP contribution in [-0.4, -0.2) is 9.59 Å². The van der Waals surface area contributed by atoms with Crippen LogP contribution in [0, 0.1) is 0 Å². The first-order valence-electron chi connectivity index (χ1n) is 6.32. The third-order valence-electron chi connectivity index (χ3n) is 3.04. The number of aryl methyl sites for hydroxylation is 1. The van der Waals surface area contributed by atoms with Crippen molar-refractivity contribution in [3.63, 3.8) is 0 Å². The van der Waals surface area contributed by atoms with E-state index in [1.165, 1.54) is 17.1 Å². The Bertz CT molecular complexity index is 499. The largest absolute Gasteiger partial charge is 0.271 e. The van der Waals surface area contributed by atoms with Crippen LogP contribution in [0.4, 0.5) is 0 Å². The first kappa shape index (κ1) is 14.6. The van der Waals surface area contributed by atoms with Gasteiger partial charge < -0.3 is 0 Å². The van der Waals surface area contributed by atoms with Gasteiger partial charge in [-0.1, -0.05) is 25.3 Å². The van der Waals surface area contributed by atoms with Crippen molar-refractivity contribution in [2.75, 3.05) is 0 Å². The number of hydrogen-bond acceptors (Lipinski definition) is 6. The van der Waals surface area contributed by atoms with E-state index in [1.54, 1.807) is 11.3 Å². The second-order valence-electron chi connectivity index (χ2n) is 5.63. The lowest BCUT2D eigenvalue weighted by Gasteiger charge is -2.21. The van der Waals surface area contributed by atoms with Crippen LogP contribution in [-0.2, 0) is 11.8 Å². The highest BCUT2D eigenvalue weighted by molar-refractivity contribution is 7.08. The van der Waals surface area contributed by atoms with Gasteiger partial charge in [0, 0.05) is 5.41 Å². The van der Waals surface area contributed by atoms with Crippen molar-refractivity contribution in [1.29, 1.82) is 0 Å². The fourth-order valence-corrected chi connectivity index (χ4v) is 3.64. The summed E-state index contributed by atoms with van der Waals surface area (Å²) in [7, 11) is 0. The third kappa shape index (κ3) is 3.60. The van der Waals surface area contributed by atoms with E-state index in [1.807, 2.05) is 0 Å². The van der Waals surface area contributed by atoms with Gasteiger partial charge in [0.25, 0.3) is 0 Å². The molecule has 0 radical (unpaired) electrons. The van der Waals surface area contributed by atoms with E-state index in [4.69, 9.17) is 5.84 Å². The second kappa shape index (κ2) is 6.09. The second-order valence-corrected chi connectivity index (χ2v) is 7.19. The Kier molecular flexibility index (Phi) is 4.67. The van der Waals surface area contributed by atoms with Crippen molar-refractivity contribution in [3.8, 4) is 0 Å². The number of nitrogens with one attached hydrogen (secondary N) is 1. The van der Waals surface area contributed by atoms with Crippen molar-refractivity contribution in [2.24, 2.45) is 5.84 Å². The van der Waals surface area contributed by atoms with E-state index >= 15 is 0 Å². The van der Waals surface area contributed by atoms with Gasteiger partial charge in [0.2, 0.25) is 0 Å². The Hall–Kier alpha value is -0.820. The number of nitrogens with two attached hydrogens (primary N) is 1. The summed E-state index contributed by atoms with van der Waals surface area (Å²) < 4.78 is 4.10. The molecule has 19 heavy (non-hydrogen) atoms. The van der Waals surface area contributed by atoms with E-state index in [-0.39, 0.29) is 11.5 Å². The summed E-state index contributed by atoms with van der Waals surface area (Å²) in [4.78, 5) is 1.16. The minimum absolute atomic E-state index is 0.000184. The van der Waals surface area contributed by atoms with Crippen LogP contribution < -0.4 is 11.3 Å². The van der Waals surface area contributed by atoms with Crippen molar-refractivity contribution in [3.05, 3.63) is 33.0 Å². The summed E-state index contributed by atoms with van der Waals surface area (Å²) in [5.41, 5.74) is 5.32. The highest BCUT2D eigenvalue weighted by atomic mass is 32.1. The molecule has 0 amide bonds. The Labute approximate surface area is 122 Å². The smallest absolute Gasteiger partial charge is 0.0857 e. The summed E-state index contributed by atoms with van der Waals surface area (Å²) in [6.45, 7) is 6.46. The summed E-state index contributed by atoms with van der Waals surface area (Å²) in [6.07, 6.45) is 1.97. The maximum absolute atomic E-state index is 5.72. The molecule has 3 N–H and O–H groups in total. The first-order valence-corrected chi connectivity index (χ1v) is 8.04. The van der Waals surface area contributed by atoms with Gasteiger partial charge in [-0.2, -0.15) is 11.3 Å². The van der Waals surface area contributed by atoms with Crippen LogP contribution in [0.1, 0.15) is 49.4 Å². The van der Waals surface area contributed by atoms with Gasteiger partial charge in [0.15, 0.2) is 0 Å². The predicted molar refractivity (Wildman–Crippen MR) is 81.3 cm³/mol. The zero-order valence-electron chi connectivity index (χ0n) is 11.5. The predicted octanol–water partition coefficient (Wildman–Crippen LogP) is 3.03. The molecule has 0 aliphatic carbocycles. The zero-order chi connectivity index (χ0) is 13.9. The lowest BCUT2D eigenvalue weighted by atomic mass is 9.89. The maximum atomic E-state index is 5.72. The average molecular weight is 296 g/mol. The van der Waals surface area contributed by atoms with Crippen LogP contribution >= 0.6 is 22.9 Å². The summed E-state index contributed by atoms with van der Waals surface area (Å²) in [5, 5.41) is 8.57. The van der Waals surface area contributed by atoms with Gasteiger partial charge in [-0.05, 0) is 46.8 Å². The molecule has 0 fully saturated rings. The van der Waals surface area contributed by atoms with E-state index < -0.39 is 0 Å². The third-order valence-corrected chi connectivity index (χ3v) is 4.61. The molecule has 0 spiro atoms. The minimum atomic E-state index is -0.000184. The molecule has 104 valence electrons. The van der Waals surface area contributed by atoms with Crippen LogP contribution in [0.3, 0.4) is 0 Å². The molecule has 0 bridgehead atoms. The summed E-state index contributed by atoms with van der Waals surface area (Å²) >= 11 is 3.18. The van der Waals surface area contributed by atoms with Crippen LogP contribution in [0.2, 0.25) is 0 Å². The number of nitrogens with zero attached hydrogens (tertiary/aromatic N) is 2. The summed E-state index contributed by atoms with van der Waals surface area (Å²) in [6, 6.07) is 2.28. The fraction of sp³-hybridized carbons (Fsp3) is 0.538.